The average Bonchev–Trinajstić information content (AvgIpc) is 3.30. The molecule has 3 heterocycles. The number of imidazole rings is 1. The van der Waals surface area contributed by atoms with Crippen LogP contribution in [0.1, 0.15) is 18.5 Å². The number of anilines is 1. The van der Waals surface area contributed by atoms with Crippen LogP contribution in [0.5, 0.6) is 0 Å². The van der Waals surface area contributed by atoms with E-state index in [1.165, 1.54) is 33.2 Å². The molecule has 0 unspecified atom stereocenters. The van der Waals surface area contributed by atoms with Crippen molar-refractivity contribution in [3.05, 3.63) is 78.5 Å². The highest BCUT2D eigenvalue weighted by Crippen LogP contribution is 3.02. The molecular weight excluding hydrogens is 580 g/mol. The van der Waals surface area contributed by atoms with Crippen molar-refractivity contribution < 1.29 is 32.2 Å². The lowest BCUT2D eigenvalue weighted by Crippen LogP contribution is -2.42. The van der Waals surface area contributed by atoms with E-state index in [0.717, 1.165) is 18.2 Å². The molecule has 0 bridgehead atoms. The van der Waals surface area contributed by atoms with Crippen molar-refractivity contribution in [1.82, 2.24) is 13.7 Å². The van der Waals surface area contributed by atoms with E-state index in [1.807, 2.05) is 6.07 Å². The molecule has 0 radical (unpaired) electrons. The van der Waals surface area contributed by atoms with Gasteiger partial charge in [0.2, 0.25) is 10.0 Å². The SMILES string of the molecule is N#Cc1cnc2ccc(-c3ccc(S(=O)(=O)N4CCC(Nc5ccc(S(F)(F)(F)(F)F)cc5)CC4)cc3F)cn12. The van der Waals surface area contributed by atoms with Gasteiger partial charge in [0, 0.05) is 42.1 Å². The molecule has 0 amide bonds. The van der Waals surface area contributed by atoms with Crippen LogP contribution in [0.15, 0.2) is 76.8 Å². The Labute approximate surface area is 225 Å². The predicted octanol–water partition coefficient (Wildman–Crippen LogP) is 6.93. The number of fused-ring (bicyclic) bond motifs is 1. The van der Waals surface area contributed by atoms with Crippen molar-refractivity contribution in [2.45, 2.75) is 28.7 Å². The Morgan fingerprint density at radius 2 is 1.65 bits per heavy atom. The minimum Gasteiger partial charge on any atom is -0.382 e. The molecule has 1 N–H and O–H groups in total. The highest BCUT2D eigenvalue weighted by atomic mass is 32.5. The molecule has 0 aliphatic carbocycles. The lowest BCUT2D eigenvalue weighted by Gasteiger charge is -2.40. The zero-order valence-electron chi connectivity index (χ0n) is 20.4. The topological polar surface area (TPSA) is 90.5 Å². The molecule has 0 atom stereocenters. The molecule has 2 aromatic carbocycles. The molecule has 1 saturated heterocycles. The lowest BCUT2D eigenvalue weighted by atomic mass is 10.1. The van der Waals surface area contributed by atoms with E-state index in [1.54, 1.807) is 12.1 Å². The van der Waals surface area contributed by atoms with Crippen LogP contribution in [-0.2, 0) is 10.0 Å². The molecular formula is C25H21F6N5O2S2. The van der Waals surface area contributed by atoms with Crippen LogP contribution in [0.4, 0.5) is 29.5 Å². The fourth-order valence-corrected chi connectivity index (χ4v) is 6.68. The third-order valence-corrected chi connectivity index (χ3v) is 9.69. The second-order valence-corrected chi connectivity index (χ2v) is 13.7. The summed E-state index contributed by atoms with van der Waals surface area (Å²) >= 11 is 0. The molecule has 0 spiro atoms. The van der Waals surface area contributed by atoms with Gasteiger partial charge in [-0.3, -0.25) is 4.40 Å². The molecule has 212 valence electrons. The maximum absolute atomic E-state index is 15.1. The number of sulfonamides is 1. The predicted molar refractivity (Wildman–Crippen MR) is 139 cm³/mol. The number of nitriles is 1. The maximum atomic E-state index is 15.1. The van der Waals surface area contributed by atoms with Gasteiger partial charge in [0.1, 0.15) is 28.1 Å². The number of nitrogens with one attached hydrogen (secondary N) is 1. The summed E-state index contributed by atoms with van der Waals surface area (Å²) in [6.45, 7) is 0.113. The number of pyridine rings is 1. The highest BCUT2D eigenvalue weighted by Gasteiger charge is 2.65. The van der Waals surface area contributed by atoms with Crippen LogP contribution < -0.4 is 5.32 Å². The largest absolute Gasteiger partial charge is 0.382 e. The number of nitrogens with zero attached hydrogens (tertiary/aromatic N) is 4. The van der Waals surface area contributed by atoms with E-state index >= 15 is 4.39 Å². The summed E-state index contributed by atoms with van der Waals surface area (Å²) < 4.78 is 109. The number of hydrogen-bond donors (Lipinski definition) is 1. The zero-order chi connectivity index (χ0) is 29.0. The van der Waals surface area contributed by atoms with Crippen molar-refractivity contribution in [2.75, 3.05) is 18.4 Å². The first-order chi connectivity index (χ1) is 18.5. The molecule has 1 fully saturated rings. The van der Waals surface area contributed by atoms with Crippen LogP contribution in [0.25, 0.3) is 16.8 Å². The van der Waals surface area contributed by atoms with Gasteiger partial charge in [-0.1, -0.05) is 25.5 Å². The molecule has 1 aliphatic rings. The first kappa shape index (κ1) is 27.8. The summed E-state index contributed by atoms with van der Waals surface area (Å²) in [4.78, 5) is 1.85. The van der Waals surface area contributed by atoms with Crippen LogP contribution in [0, 0.1) is 17.1 Å². The number of benzene rings is 2. The van der Waals surface area contributed by atoms with Gasteiger partial charge in [0.15, 0.2) is 0 Å². The average molecular weight is 602 g/mol. The lowest BCUT2D eigenvalue weighted by molar-refractivity contribution is 0.329. The first-order valence-corrected chi connectivity index (χ1v) is 15.2. The Hall–Kier alpha value is -3.74. The number of aromatic nitrogens is 2. The Kier molecular flexibility index (Phi) is 6.18. The minimum absolute atomic E-state index is 0.0567. The summed E-state index contributed by atoms with van der Waals surface area (Å²) in [5.41, 5.74) is 1.51. The number of halogens is 6. The van der Waals surface area contributed by atoms with Crippen LogP contribution in [0.3, 0.4) is 0 Å². The van der Waals surface area contributed by atoms with Gasteiger partial charge in [-0.25, -0.2) is 17.8 Å². The monoisotopic (exact) mass is 601 g/mol. The first-order valence-electron chi connectivity index (χ1n) is 11.8. The molecule has 15 heteroatoms. The second-order valence-electron chi connectivity index (χ2n) is 9.36. The summed E-state index contributed by atoms with van der Waals surface area (Å²) in [6, 6.07) is 10.9. The quantitative estimate of drug-likeness (QED) is 0.242. The Morgan fingerprint density at radius 3 is 2.25 bits per heavy atom. The van der Waals surface area contributed by atoms with E-state index in [4.69, 9.17) is 0 Å². The summed E-state index contributed by atoms with van der Waals surface area (Å²) in [5, 5.41) is 12.2. The van der Waals surface area contributed by atoms with Gasteiger partial charge in [-0.2, -0.15) is 9.57 Å². The summed E-state index contributed by atoms with van der Waals surface area (Å²) in [7, 11) is -13.8. The van der Waals surface area contributed by atoms with Crippen molar-refractivity contribution >= 4 is 31.6 Å². The Bertz CT molecular complexity index is 1760. The highest BCUT2D eigenvalue weighted by molar-refractivity contribution is 8.45. The minimum atomic E-state index is -9.76. The molecule has 2 aromatic heterocycles. The van der Waals surface area contributed by atoms with Crippen molar-refractivity contribution in [3.63, 3.8) is 0 Å². The van der Waals surface area contributed by atoms with E-state index in [9.17, 15) is 33.1 Å². The van der Waals surface area contributed by atoms with Crippen LogP contribution >= 0.6 is 10.2 Å². The summed E-state index contributed by atoms with van der Waals surface area (Å²) in [6.07, 6.45) is 3.49. The smallest absolute Gasteiger partial charge is 0.310 e. The Morgan fingerprint density at radius 1 is 0.975 bits per heavy atom. The van der Waals surface area contributed by atoms with Gasteiger partial charge >= 0.3 is 10.2 Å². The fourth-order valence-electron chi connectivity index (χ4n) is 4.55. The third kappa shape index (κ3) is 5.47. The van der Waals surface area contributed by atoms with Crippen molar-refractivity contribution in [2.24, 2.45) is 0 Å². The molecule has 4 aromatic rings. The fraction of sp³-hybridized carbons (Fsp3) is 0.200. The number of piperidine rings is 1. The molecule has 5 rings (SSSR count). The molecule has 0 saturated carbocycles. The van der Waals surface area contributed by atoms with Crippen molar-refractivity contribution in [1.29, 1.82) is 5.26 Å². The van der Waals surface area contributed by atoms with E-state index in [-0.39, 0.29) is 53.8 Å². The van der Waals surface area contributed by atoms with Gasteiger partial charge in [0.05, 0.1) is 11.1 Å². The maximum Gasteiger partial charge on any atom is 0.310 e. The number of rotatable bonds is 6. The standard InChI is InChI=1S/C25H21F6N5O2S2/c26-24-13-21(4-7-23(24)17-1-8-25-33-15-20(14-32)36(25)16-17)39(37,38)35-11-9-19(10-12-35)34-18-2-5-22(6-3-18)40(27,28,29,30)31/h1-8,13,15-16,19,34H,9-12H2. The van der Waals surface area contributed by atoms with Gasteiger partial charge in [0.25, 0.3) is 0 Å². The second kappa shape index (κ2) is 8.88. The molecule has 7 nitrogen and oxygen atoms in total. The van der Waals surface area contributed by atoms with Gasteiger partial charge in [-0.05, 0) is 61.4 Å². The summed E-state index contributed by atoms with van der Waals surface area (Å²) in [5.74, 6) is -0.773. The van der Waals surface area contributed by atoms with E-state index < -0.39 is 31.0 Å². The third-order valence-electron chi connectivity index (χ3n) is 6.63. The van der Waals surface area contributed by atoms with Crippen LogP contribution in [0.2, 0.25) is 0 Å². The molecule has 40 heavy (non-hydrogen) atoms. The molecule has 1 aliphatic heterocycles. The number of hydrogen-bond acceptors (Lipinski definition) is 5. The zero-order valence-corrected chi connectivity index (χ0v) is 22.1. The van der Waals surface area contributed by atoms with Gasteiger partial charge < -0.3 is 5.32 Å². The Balaban J connectivity index is 1.27. The van der Waals surface area contributed by atoms with Gasteiger partial charge in [-0.15, -0.1) is 0 Å². The van der Waals surface area contributed by atoms with Crippen molar-refractivity contribution in [3.8, 4) is 17.2 Å². The van der Waals surface area contributed by atoms with Crippen LogP contribution in [-0.4, -0.2) is 41.2 Å². The van der Waals surface area contributed by atoms with E-state index in [0.29, 0.717) is 23.3 Å². The van der Waals surface area contributed by atoms with E-state index in [2.05, 4.69) is 10.3 Å². The normalized spacial score (nSPS) is 17.2.